The highest BCUT2D eigenvalue weighted by Gasteiger charge is 2.25. The number of carboxylic acids is 1. The zero-order chi connectivity index (χ0) is 17.4. The Morgan fingerprint density at radius 2 is 1.70 bits per heavy atom. The molecular weight excluding hydrogens is 290 g/mol. The SMILES string of the molecule is CC(CCC(CC(O)CC(N)C1CCCCC1)C(C)C)C(=O)O. The van der Waals surface area contributed by atoms with E-state index in [1.165, 1.54) is 32.1 Å². The number of aliphatic hydroxyl groups is 1. The molecule has 4 atom stereocenters. The molecule has 0 amide bonds. The number of nitrogens with two attached hydrogens (primary N) is 1. The number of hydrogen-bond acceptors (Lipinski definition) is 3. The van der Waals surface area contributed by atoms with Gasteiger partial charge in [0.15, 0.2) is 0 Å². The first kappa shape index (κ1) is 20.4. The molecule has 0 spiro atoms. The second kappa shape index (κ2) is 10.3. The van der Waals surface area contributed by atoms with E-state index in [0.717, 1.165) is 12.8 Å². The normalized spacial score (nSPS) is 21.8. The van der Waals surface area contributed by atoms with Crippen LogP contribution < -0.4 is 5.73 Å². The van der Waals surface area contributed by atoms with E-state index in [4.69, 9.17) is 10.8 Å². The van der Waals surface area contributed by atoms with Gasteiger partial charge in [-0.25, -0.2) is 0 Å². The van der Waals surface area contributed by atoms with Gasteiger partial charge in [-0.15, -0.1) is 0 Å². The number of aliphatic hydroxyl groups excluding tert-OH is 1. The van der Waals surface area contributed by atoms with Gasteiger partial charge in [0.2, 0.25) is 0 Å². The van der Waals surface area contributed by atoms with E-state index in [1.54, 1.807) is 6.92 Å². The highest BCUT2D eigenvalue weighted by Crippen LogP contribution is 2.30. The largest absolute Gasteiger partial charge is 0.481 e. The van der Waals surface area contributed by atoms with Gasteiger partial charge in [-0.1, -0.05) is 40.0 Å². The van der Waals surface area contributed by atoms with Gasteiger partial charge in [-0.2, -0.15) is 0 Å². The molecule has 0 aromatic heterocycles. The molecule has 1 aliphatic carbocycles. The molecule has 4 unspecified atom stereocenters. The molecule has 0 bridgehead atoms. The van der Waals surface area contributed by atoms with E-state index < -0.39 is 5.97 Å². The molecule has 0 aromatic carbocycles. The maximum Gasteiger partial charge on any atom is 0.306 e. The molecule has 1 aliphatic rings. The van der Waals surface area contributed by atoms with Crippen molar-refractivity contribution in [1.82, 2.24) is 0 Å². The summed E-state index contributed by atoms with van der Waals surface area (Å²) in [7, 11) is 0. The Labute approximate surface area is 141 Å². The molecular formula is C19H37NO3. The van der Waals surface area contributed by atoms with Crippen LogP contribution in [0.5, 0.6) is 0 Å². The number of carbonyl (C=O) groups is 1. The first-order valence-corrected chi connectivity index (χ1v) is 9.47. The first-order valence-electron chi connectivity index (χ1n) is 9.47. The van der Waals surface area contributed by atoms with Gasteiger partial charge in [-0.3, -0.25) is 4.79 Å². The highest BCUT2D eigenvalue weighted by atomic mass is 16.4. The monoisotopic (exact) mass is 327 g/mol. The minimum atomic E-state index is -0.729. The number of hydrogen-bond donors (Lipinski definition) is 3. The van der Waals surface area contributed by atoms with Gasteiger partial charge in [0.25, 0.3) is 0 Å². The summed E-state index contributed by atoms with van der Waals surface area (Å²) in [4.78, 5) is 11.0. The molecule has 4 heteroatoms. The lowest BCUT2D eigenvalue weighted by molar-refractivity contribution is -0.141. The Balaban J connectivity index is 2.40. The number of aliphatic carboxylic acids is 1. The van der Waals surface area contributed by atoms with Gasteiger partial charge in [-0.05, 0) is 56.3 Å². The van der Waals surface area contributed by atoms with Crippen LogP contribution in [0.2, 0.25) is 0 Å². The molecule has 23 heavy (non-hydrogen) atoms. The summed E-state index contributed by atoms with van der Waals surface area (Å²) in [5.74, 6) is 0.357. The molecule has 1 saturated carbocycles. The van der Waals surface area contributed by atoms with E-state index in [1.807, 2.05) is 0 Å². The fourth-order valence-corrected chi connectivity index (χ4v) is 3.83. The molecule has 0 aromatic rings. The molecule has 0 saturated heterocycles. The van der Waals surface area contributed by atoms with E-state index in [2.05, 4.69) is 13.8 Å². The van der Waals surface area contributed by atoms with Gasteiger partial charge in [0.05, 0.1) is 12.0 Å². The summed E-state index contributed by atoms with van der Waals surface area (Å²) >= 11 is 0. The van der Waals surface area contributed by atoms with Gasteiger partial charge < -0.3 is 15.9 Å². The summed E-state index contributed by atoms with van der Waals surface area (Å²) in [5.41, 5.74) is 6.33. The van der Waals surface area contributed by atoms with Crippen LogP contribution in [-0.4, -0.2) is 28.3 Å². The van der Waals surface area contributed by atoms with Crippen LogP contribution in [0.1, 0.15) is 78.6 Å². The van der Waals surface area contributed by atoms with Crippen molar-refractivity contribution in [3.63, 3.8) is 0 Å². The van der Waals surface area contributed by atoms with Crippen molar-refractivity contribution in [2.75, 3.05) is 0 Å². The standard InChI is InChI=1S/C19H37NO3/c1-13(2)16(10-9-14(3)19(22)23)11-17(21)12-18(20)15-7-5-4-6-8-15/h13-18,21H,4-12,20H2,1-3H3,(H,22,23). The lowest BCUT2D eigenvalue weighted by Crippen LogP contribution is -2.36. The molecule has 136 valence electrons. The minimum absolute atomic E-state index is 0.107. The molecule has 0 heterocycles. The van der Waals surface area contributed by atoms with Crippen molar-refractivity contribution >= 4 is 5.97 Å². The van der Waals surface area contributed by atoms with E-state index in [-0.39, 0.29) is 18.1 Å². The number of carboxylic acid groups (broad SMARTS) is 1. The predicted molar refractivity (Wildman–Crippen MR) is 94.2 cm³/mol. The first-order chi connectivity index (χ1) is 10.8. The summed E-state index contributed by atoms with van der Waals surface area (Å²) in [5, 5.41) is 19.5. The number of rotatable bonds is 10. The summed E-state index contributed by atoms with van der Waals surface area (Å²) in [6, 6.07) is 0.107. The fraction of sp³-hybridized carbons (Fsp3) is 0.947. The Bertz CT molecular complexity index is 340. The lowest BCUT2D eigenvalue weighted by Gasteiger charge is -2.30. The average molecular weight is 328 g/mol. The third-order valence-electron chi connectivity index (χ3n) is 5.71. The van der Waals surface area contributed by atoms with Crippen molar-refractivity contribution in [3.8, 4) is 0 Å². The summed E-state index contributed by atoms with van der Waals surface area (Å²) < 4.78 is 0. The zero-order valence-electron chi connectivity index (χ0n) is 15.2. The Morgan fingerprint density at radius 3 is 2.22 bits per heavy atom. The maximum atomic E-state index is 11.0. The summed E-state index contributed by atoms with van der Waals surface area (Å²) in [6.07, 6.45) is 8.89. The minimum Gasteiger partial charge on any atom is -0.481 e. The van der Waals surface area contributed by atoms with Crippen LogP contribution >= 0.6 is 0 Å². The lowest BCUT2D eigenvalue weighted by atomic mass is 9.79. The van der Waals surface area contributed by atoms with E-state index in [9.17, 15) is 9.90 Å². The van der Waals surface area contributed by atoms with Gasteiger partial charge >= 0.3 is 5.97 Å². The second-order valence-electron chi connectivity index (χ2n) is 8.01. The van der Waals surface area contributed by atoms with Crippen LogP contribution in [0.4, 0.5) is 0 Å². The molecule has 0 radical (unpaired) electrons. The van der Waals surface area contributed by atoms with Gasteiger partial charge in [0.1, 0.15) is 0 Å². The average Bonchev–Trinajstić information content (AvgIpc) is 2.51. The van der Waals surface area contributed by atoms with Crippen LogP contribution in [0, 0.1) is 23.7 Å². The predicted octanol–water partition coefficient (Wildman–Crippen LogP) is 3.81. The Hall–Kier alpha value is -0.610. The van der Waals surface area contributed by atoms with Crippen molar-refractivity contribution in [1.29, 1.82) is 0 Å². The van der Waals surface area contributed by atoms with Crippen LogP contribution in [-0.2, 0) is 4.79 Å². The molecule has 0 aliphatic heterocycles. The second-order valence-corrected chi connectivity index (χ2v) is 8.01. The zero-order valence-corrected chi connectivity index (χ0v) is 15.2. The molecule has 4 nitrogen and oxygen atoms in total. The molecule has 4 N–H and O–H groups in total. The van der Waals surface area contributed by atoms with Crippen molar-refractivity contribution in [2.45, 2.75) is 90.7 Å². The van der Waals surface area contributed by atoms with Crippen LogP contribution in [0.3, 0.4) is 0 Å². The quantitative estimate of drug-likeness (QED) is 0.570. The topological polar surface area (TPSA) is 83.5 Å². The fourth-order valence-electron chi connectivity index (χ4n) is 3.83. The van der Waals surface area contributed by atoms with Crippen LogP contribution in [0.25, 0.3) is 0 Å². The van der Waals surface area contributed by atoms with Crippen molar-refractivity contribution < 1.29 is 15.0 Å². The highest BCUT2D eigenvalue weighted by molar-refractivity contribution is 5.69. The van der Waals surface area contributed by atoms with Gasteiger partial charge in [0, 0.05) is 6.04 Å². The van der Waals surface area contributed by atoms with E-state index >= 15 is 0 Å². The maximum absolute atomic E-state index is 11.0. The molecule has 1 fully saturated rings. The van der Waals surface area contributed by atoms with Crippen molar-refractivity contribution in [3.05, 3.63) is 0 Å². The molecule has 1 rings (SSSR count). The Morgan fingerprint density at radius 1 is 1.09 bits per heavy atom. The van der Waals surface area contributed by atoms with Crippen molar-refractivity contribution in [2.24, 2.45) is 29.4 Å². The summed E-state index contributed by atoms with van der Waals surface area (Å²) in [6.45, 7) is 6.07. The Kier molecular flexibility index (Phi) is 9.15. The third kappa shape index (κ3) is 7.67. The van der Waals surface area contributed by atoms with Crippen LogP contribution in [0.15, 0.2) is 0 Å². The van der Waals surface area contributed by atoms with E-state index in [0.29, 0.717) is 30.6 Å². The third-order valence-corrected chi connectivity index (χ3v) is 5.71. The smallest absolute Gasteiger partial charge is 0.306 e.